The van der Waals surface area contributed by atoms with E-state index in [1.54, 1.807) is 0 Å². The molecule has 0 radical (unpaired) electrons. The summed E-state index contributed by atoms with van der Waals surface area (Å²) in [5.74, 6) is -0.136. The highest BCUT2D eigenvalue weighted by Gasteiger charge is 2.20. The normalized spacial score (nSPS) is 15.4. The number of hydrogen-bond acceptors (Lipinski definition) is 4. The zero-order chi connectivity index (χ0) is 21.6. The molecule has 160 valence electrons. The van der Waals surface area contributed by atoms with Gasteiger partial charge >= 0.3 is 0 Å². The van der Waals surface area contributed by atoms with Crippen LogP contribution in [-0.2, 0) is 30.7 Å². The summed E-state index contributed by atoms with van der Waals surface area (Å²) in [6, 6.07) is 12.7. The first-order valence-electron chi connectivity index (χ1n) is 10.4. The van der Waals surface area contributed by atoms with Crippen LogP contribution < -0.4 is 10.6 Å². The summed E-state index contributed by atoms with van der Waals surface area (Å²) in [6.07, 6.45) is 8.35. The lowest BCUT2D eigenvalue weighted by molar-refractivity contribution is -0.120. The van der Waals surface area contributed by atoms with E-state index < -0.39 is 0 Å². The summed E-state index contributed by atoms with van der Waals surface area (Å²) in [5, 5.41) is 7.38. The summed E-state index contributed by atoms with van der Waals surface area (Å²) >= 11 is 12.2. The average Bonchev–Trinajstić information content (AvgIpc) is 2.79. The number of halogens is 2. The molecule has 0 bridgehead atoms. The number of nitrogens with zero attached hydrogens (tertiary/aromatic N) is 2. The maximum Gasteiger partial charge on any atom is 0.224 e. The molecule has 0 aliphatic heterocycles. The van der Waals surface area contributed by atoms with Gasteiger partial charge < -0.3 is 10.6 Å². The largest absolute Gasteiger partial charge is 0.352 e. The van der Waals surface area contributed by atoms with Crippen molar-refractivity contribution in [1.82, 2.24) is 20.6 Å². The number of nitrogens with one attached hydrogen (secondary N) is 2. The first-order valence-corrected chi connectivity index (χ1v) is 11.2. The second kappa shape index (κ2) is 10.2. The number of hydrogen-bond donors (Lipinski definition) is 2. The molecular weight excluding hydrogens is 431 g/mol. The average molecular weight is 455 g/mol. The summed E-state index contributed by atoms with van der Waals surface area (Å²) in [4.78, 5) is 20.9. The smallest absolute Gasteiger partial charge is 0.224 e. The van der Waals surface area contributed by atoms with Crippen molar-refractivity contribution in [3.05, 3.63) is 93.0 Å². The van der Waals surface area contributed by atoms with E-state index in [1.165, 1.54) is 35.6 Å². The molecule has 1 unspecified atom stereocenters. The lowest BCUT2D eigenvalue weighted by Crippen LogP contribution is -2.26. The van der Waals surface area contributed by atoms with Gasteiger partial charge in [0.05, 0.1) is 28.2 Å². The quantitative estimate of drug-likeness (QED) is 0.537. The van der Waals surface area contributed by atoms with Crippen LogP contribution in [0.5, 0.6) is 0 Å². The van der Waals surface area contributed by atoms with Crippen LogP contribution in [0.4, 0.5) is 0 Å². The minimum atomic E-state index is -0.136. The molecule has 1 atom stereocenters. The monoisotopic (exact) mass is 454 g/mol. The Morgan fingerprint density at radius 3 is 2.65 bits per heavy atom. The maximum absolute atomic E-state index is 12.4. The van der Waals surface area contributed by atoms with Gasteiger partial charge in [-0.2, -0.15) is 0 Å². The van der Waals surface area contributed by atoms with Gasteiger partial charge in [-0.25, -0.2) is 0 Å². The van der Waals surface area contributed by atoms with Crippen LogP contribution in [0, 0.1) is 0 Å². The van der Waals surface area contributed by atoms with Crippen molar-refractivity contribution in [2.24, 2.45) is 0 Å². The highest BCUT2D eigenvalue weighted by Crippen LogP contribution is 2.28. The van der Waals surface area contributed by atoms with Crippen LogP contribution >= 0.6 is 23.2 Å². The number of fused-ring (bicyclic) bond motifs is 1. The van der Waals surface area contributed by atoms with E-state index in [4.69, 9.17) is 23.2 Å². The van der Waals surface area contributed by atoms with Gasteiger partial charge in [-0.05, 0) is 42.0 Å². The molecule has 2 aromatic heterocycles. The Labute approximate surface area is 192 Å². The minimum Gasteiger partial charge on any atom is -0.352 e. The zero-order valence-electron chi connectivity index (χ0n) is 17.1. The number of pyridine rings is 2. The van der Waals surface area contributed by atoms with E-state index in [9.17, 15) is 4.79 Å². The van der Waals surface area contributed by atoms with Gasteiger partial charge in [-0.15, -0.1) is 0 Å². The molecule has 1 aromatic carbocycles. The molecule has 2 N–H and O–H groups in total. The molecule has 0 saturated heterocycles. The first-order chi connectivity index (χ1) is 15.1. The van der Waals surface area contributed by atoms with Crippen molar-refractivity contribution >= 4 is 29.1 Å². The molecule has 1 amide bonds. The molecule has 1 aliphatic carbocycles. The van der Waals surface area contributed by atoms with Crippen LogP contribution in [0.1, 0.15) is 46.8 Å². The van der Waals surface area contributed by atoms with Gasteiger partial charge in [0, 0.05) is 37.2 Å². The topological polar surface area (TPSA) is 66.9 Å². The highest BCUT2D eigenvalue weighted by molar-refractivity contribution is 6.36. The van der Waals surface area contributed by atoms with Crippen molar-refractivity contribution in [2.45, 2.75) is 44.8 Å². The molecule has 4 rings (SSSR count). The SMILES string of the molecule is O=C(Cc1c(Cl)cncc1Cl)NCc1cccc(CNC2CCCc3cccnc32)c1. The molecule has 5 nitrogen and oxygen atoms in total. The van der Waals surface area contributed by atoms with Crippen LogP contribution in [-0.4, -0.2) is 15.9 Å². The molecule has 0 spiro atoms. The lowest BCUT2D eigenvalue weighted by Gasteiger charge is -2.25. The van der Waals surface area contributed by atoms with E-state index in [0.717, 1.165) is 24.9 Å². The highest BCUT2D eigenvalue weighted by atomic mass is 35.5. The van der Waals surface area contributed by atoms with Crippen LogP contribution in [0.3, 0.4) is 0 Å². The van der Waals surface area contributed by atoms with Crippen LogP contribution in [0.2, 0.25) is 10.0 Å². The van der Waals surface area contributed by atoms with Crippen molar-refractivity contribution in [3.63, 3.8) is 0 Å². The third-order valence-corrected chi connectivity index (χ3v) is 6.17. The first kappa shape index (κ1) is 21.8. The fraction of sp³-hybridized carbons (Fsp3) is 0.292. The Balaban J connectivity index is 1.32. The number of aryl methyl sites for hydroxylation is 1. The van der Waals surface area contributed by atoms with Gasteiger partial charge in [0.2, 0.25) is 5.91 Å². The summed E-state index contributed by atoms with van der Waals surface area (Å²) in [5.41, 5.74) is 5.33. The Morgan fingerprint density at radius 1 is 1.06 bits per heavy atom. The van der Waals surface area contributed by atoms with Gasteiger partial charge in [0.25, 0.3) is 0 Å². The predicted octanol–water partition coefficient (Wildman–Crippen LogP) is 4.81. The van der Waals surface area contributed by atoms with Crippen molar-refractivity contribution < 1.29 is 4.79 Å². The van der Waals surface area contributed by atoms with Gasteiger partial charge in [0.15, 0.2) is 0 Å². The molecule has 3 aromatic rings. The molecule has 2 heterocycles. The number of benzene rings is 1. The number of amides is 1. The number of aromatic nitrogens is 2. The Morgan fingerprint density at radius 2 is 1.84 bits per heavy atom. The van der Waals surface area contributed by atoms with E-state index in [0.29, 0.717) is 22.2 Å². The summed E-state index contributed by atoms with van der Waals surface area (Å²) in [6.45, 7) is 1.20. The lowest BCUT2D eigenvalue weighted by atomic mass is 9.92. The number of rotatable bonds is 7. The van der Waals surface area contributed by atoms with Crippen molar-refractivity contribution in [2.75, 3.05) is 0 Å². The predicted molar refractivity (Wildman–Crippen MR) is 123 cm³/mol. The zero-order valence-corrected chi connectivity index (χ0v) is 18.6. The molecule has 1 aliphatic rings. The van der Waals surface area contributed by atoms with E-state index in [-0.39, 0.29) is 18.4 Å². The van der Waals surface area contributed by atoms with E-state index in [1.807, 2.05) is 24.4 Å². The van der Waals surface area contributed by atoms with E-state index in [2.05, 4.69) is 38.8 Å². The van der Waals surface area contributed by atoms with Gasteiger partial charge in [-0.1, -0.05) is 53.5 Å². The molecular formula is C24H24Cl2N4O. The Bertz CT molecular complexity index is 1050. The van der Waals surface area contributed by atoms with Crippen LogP contribution in [0.15, 0.2) is 55.0 Å². The van der Waals surface area contributed by atoms with Crippen LogP contribution in [0.25, 0.3) is 0 Å². The molecule has 31 heavy (non-hydrogen) atoms. The number of carbonyl (C=O) groups is 1. The fourth-order valence-electron chi connectivity index (χ4n) is 3.93. The van der Waals surface area contributed by atoms with Gasteiger partial charge in [0.1, 0.15) is 0 Å². The Kier molecular flexibility index (Phi) is 7.17. The fourth-order valence-corrected chi connectivity index (χ4v) is 4.43. The number of carbonyl (C=O) groups excluding carboxylic acids is 1. The second-order valence-electron chi connectivity index (χ2n) is 7.73. The molecule has 0 saturated carbocycles. The second-order valence-corrected chi connectivity index (χ2v) is 8.54. The van der Waals surface area contributed by atoms with Crippen molar-refractivity contribution in [1.29, 1.82) is 0 Å². The minimum absolute atomic E-state index is 0.121. The Hall–Kier alpha value is -2.47. The van der Waals surface area contributed by atoms with E-state index >= 15 is 0 Å². The standard InChI is InChI=1S/C24H24Cl2N4O/c25-20-14-27-15-21(26)19(20)11-23(31)30-13-17-5-1-4-16(10-17)12-29-22-8-2-6-18-7-3-9-28-24(18)22/h1,3-5,7,9-10,14-15,22,29H,2,6,8,11-13H2,(H,30,31). The molecule has 7 heteroatoms. The third-order valence-electron chi connectivity index (χ3n) is 5.52. The van der Waals surface area contributed by atoms with Crippen molar-refractivity contribution in [3.8, 4) is 0 Å². The summed E-state index contributed by atoms with van der Waals surface area (Å²) < 4.78 is 0. The molecule has 0 fully saturated rings. The summed E-state index contributed by atoms with van der Waals surface area (Å²) in [7, 11) is 0. The maximum atomic E-state index is 12.4. The van der Waals surface area contributed by atoms with Gasteiger partial charge in [-0.3, -0.25) is 14.8 Å². The third kappa shape index (κ3) is 5.62.